The van der Waals surface area contributed by atoms with E-state index in [1.165, 1.54) is 17.2 Å². The highest BCUT2D eigenvalue weighted by Gasteiger charge is 2.44. The number of hydrogen-bond donors (Lipinski definition) is 4. The molecule has 2 saturated heterocycles. The van der Waals surface area contributed by atoms with Crippen LogP contribution in [0.5, 0.6) is 0 Å². The van der Waals surface area contributed by atoms with Crippen molar-refractivity contribution in [3.8, 4) is 0 Å². The van der Waals surface area contributed by atoms with E-state index in [9.17, 15) is 19.5 Å². The summed E-state index contributed by atoms with van der Waals surface area (Å²) in [4.78, 5) is 13.8. The molecule has 11 nitrogen and oxygen atoms in total. The number of hydrazine groups is 1. The van der Waals surface area contributed by atoms with E-state index < -0.39 is 41.9 Å². The third kappa shape index (κ3) is 4.25. The number of aromatic nitrogens is 4. The molecular formula is C21H26N6O5S. The van der Waals surface area contributed by atoms with Gasteiger partial charge in [0, 0.05) is 23.2 Å². The fraction of sp³-hybridized carbons (Fsp3) is 0.476. The van der Waals surface area contributed by atoms with Gasteiger partial charge in [-0.15, -0.1) is 0 Å². The molecule has 33 heavy (non-hydrogen) atoms. The number of imidazole rings is 1. The summed E-state index contributed by atoms with van der Waals surface area (Å²) in [6.45, 7) is 0.989. The Morgan fingerprint density at radius 1 is 1.09 bits per heavy atom. The summed E-state index contributed by atoms with van der Waals surface area (Å²) in [5.74, 6) is 0.508. The normalized spacial score (nSPS) is 27.7. The highest BCUT2D eigenvalue weighted by molar-refractivity contribution is 7.85. The lowest BCUT2D eigenvalue weighted by Crippen LogP contribution is -2.41. The van der Waals surface area contributed by atoms with Crippen LogP contribution in [0.25, 0.3) is 11.2 Å². The van der Waals surface area contributed by atoms with E-state index in [0.29, 0.717) is 30.1 Å². The van der Waals surface area contributed by atoms with Gasteiger partial charge in [-0.25, -0.2) is 20.0 Å². The Hall–Kier alpha value is -2.48. The first-order valence-electron chi connectivity index (χ1n) is 10.8. The Balaban J connectivity index is 1.28. The molecule has 1 aromatic carbocycles. The van der Waals surface area contributed by atoms with Crippen LogP contribution < -0.4 is 5.43 Å². The third-order valence-electron chi connectivity index (χ3n) is 6.13. The standard InChI is InChI=1S/C21H26N6O5S/c28-10-15-17(29)18(30)21(32-15)27-12-24-16-19(22-11-23-20(16)27)25-26-8-6-14(7-9-26)33(31)13-4-2-1-3-5-13/h1-5,11-12,14-15,17-18,21,28-30H,6-10H2,(H,22,23,25)/t15-,17?,18?,21-,33?/m1/s1. The van der Waals surface area contributed by atoms with Gasteiger partial charge in [-0.3, -0.25) is 8.78 Å². The van der Waals surface area contributed by atoms with Crippen LogP contribution in [-0.2, 0) is 15.5 Å². The average molecular weight is 475 g/mol. The lowest BCUT2D eigenvalue weighted by atomic mass is 10.1. The highest BCUT2D eigenvalue weighted by atomic mass is 32.2. The van der Waals surface area contributed by atoms with Crippen molar-refractivity contribution in [1.29, 1.82) is 0 Å². The first-order valence-corrected chi connectivity index (χ1v) is 12.1. The lowest BCUT2D eigenvalue weighted by Gasteiger charge is -2.31. The summed E-state index contributed by atoms with van der Waals surface area (Å²) in [5.41, 5.74) is 4.21. The molecule has 2 aliphatic heterocycles. The van der Waals surface area contributed by atoms with Gasteiger partial charge in [0.1, 0.15) is 24.6 Å². The maximum Gasteiger partial charge on any atom is 0.172 e. The molecule has 176 valence electrons. The smallest absolute Gasteiger partial charge is 0.172 e. The van der Waals surface area contributed by atoms with Gasteiger partial charge in [0.15, 0.2) is 23.2 Å². The maximum atomic E-state index is 12.8. The van der Waals surface area contributed by atoms with Crippen molar-refractivity contribution in [2.24, 2.45) is 0 Å². The van der Waals surface area contributed by atoms with Gasteiger partial charge < -0.3 is 25.5 Å². The minimum atomic E-state index is -1.23. The Kier molecular flexibility index (Phi) is 6.36. The molecule has 5 rings (SSSR count). The van der Waals surface area contributed by atoms with E-state index in [-0.39, 0.29) is 5.25 Å². The van der Waals surface area contributed by atoms with Crippen molar-refractivity contribution in [1.82, 2.24) is 24.5 Å². The second kappa shape index (κ2) is 9.41. The predicted octanol–water partition coefficient (Wildman–Crippen LogP) is 0.0369. The molecule has 4 heterocycles. The first-order chi connectivity index (χ1) is 16.1. The number of anilines is 1. The lowest BCUT2D eigenvalue weighted by molar-refractivity contribution is -0.0511. The molecule has 2 fully saturated rings. The summed E-state index contributed by atoms with van der Waals surface area (Å²) < 4.78 is 20.0. The van der Waals surface area contributed by atoms with Crippen LogP contribution in [0.15, 0.2) is 47.9 Å². The molecular weight excluding hydrogens is 448 g/mol. The zero-order valence-electron chi connectivity index (χ0n) is 17.8. The molecule has 5 atom stereocenters. The number of piperidine rings is 1. The predicted molar refractivity (Wildman–Crippen MR) is 119 cm³/mol. The quantitative estimate of drug-likeness (QED) is 0.386. The Morgan fingerprint density at radius 2 is 1.85 bits per heavy atom. The third-order valence-corrected chi connectivity index (χ3v) is 7.95. The number of nitrogens with one attached hydrogen (secondary N) is 1. The number of hydrogen-bond acceptors (Lipinski definition) is 10. The van der Waals surface area contributed by atoms with Crippen LogP contribution in [0.1, 0.15) is 19.1 Å². The Labute approximate surface area is 192 Å². The molecule has 2 aromatic heterocycles. The molecule has 0 radical (unpaired) electrons. The van der Waals surface area contributed by atoms with Crippen LogP contribution in [-0.4, -0.2) is 87.3 Å². The number of aliphatic hydroxyl groups is 3. The maximum absolute atomic E-state index is 12.8. The van der Waals surface area contributed by atoms with E-state index in [0.717, 1.165) is 17.7 Å². The molecule has 0 bridgehead atoms. The average Bonchev–Trinajstić information content (AvgIpc) is 3.41. The van der Waals surface area contributed by atoms with Crippen LogP contribution in [0, 0.1) is 0 Å². The second-order valence-electron chi connectivity index (χ2n) is 8.18. The minimum absolute atomic E-state index is 0.0991. The summed E-state index contributed by atoms with van der Waals surface area (Å²) in [6.07, 6.45) is 0.175. The monoisotopic (exact) mass is 474 g/mol. The van der Waals surface area contributed by atoms with Crippen LogP contribution in [0.3, 0.4) is 0 Å². The molecule has 0 amide bonds. The zero-order chi connectivity index (χ0) is 22.9. The van der Waals surface area contributed by atoms with Crippen molar-refractivity contribution in [2.45, 2.75) is 47.5 Å². The zero-order valence-corrected chi connectivity index (χ0v) is 18.6. The van der Waals surface area contributed by atoms with Gasteiger partial charge in [0.2, 0.25) is 0 Å². The van der Waals surface area contributed by atoms with Crippen LogP contribution in [0.2, 0.25) is 0 Å². The van der Waals surface area contributed by atoms with Crippen molar-refractivity contribution >= 4 is 27.8 Å². The number of ether oxygens (including phenoxy) is 1. The number of nitrogens with zero attached hydrogens (tertiary/aromatic N) is 5. The van der Waals surface area contributed by atoms with Gasteiger partial charge in [-0.05, 0) is 25.0 Å². The second-order valence-corrected chi connectivity index (χ2v) is 9.92. The summed E-state index contributed by atoms with van der Waals surface area (Å²) in [5, 5.41) is 31.9. The van der Waals surface area contributed by atoms with Gasteiger partial charge in [0.05, 0.1) is 23.7 Å². The van der Waals surface area contributed by atoms with Gasteiger partial charge in [0.25, 0.3) is 0 Å². The minimum Gasteiger partial charge on any atom is -0.394 e. The Bertz CT molecular complexity index is 1120. The first kappa shape index (κ1) is 22.3. The topological polar surface area (TPSA) is 146 Å². The van der Waals surface area contributed by atoms with Crippen LogP contribution in [0.4, 0.5) is 5.82 Å². The van der Waals surface area contributed by atoms with E-state index >= 15 is 0 Å². The molecule has 3 aromatic rings. The fourth-order valence-corrected chi connectivity index (χ4v) is 5.76. The van der Waals surface area contributed by atoms with Gasteiger partial charge in [-0.2, -0.15) is 0 Å². The molecule has 0 saturated carbocycles. The summed E-state index contributed by atoms with van der Waals surface area (Å²) >= 11 is 0. The fourth-order valence-electron chi connectivity index (χ4n) is 4.31. The van der Waals surface area contributed by atoms with E-state index in [2.05, 4.69) is 20.4 Å². The van der Waals surface area contributed by atoms with E-state index in [1.807, 2.05) is 35.3 Å². The van der Waals surface area contributed by atoms with Crippen molar-refractivity contribution in [3.63, 3.8) is 0 Å². The molecule has 12 heteroatoms. The summed E-state index contributed by atoms with van der Waals surface area (Å²) in [6, 6.07) is 9.54. The number of aliphatic hydroxyl groups excluding tert-OH is 3. The Morgan fingerprint density at radius 3 is 2.55 bits per heavy atom. The largest absolute Gasteiger partial charge is 0.394 e. The van der Waals surface area contributed by atoms with Gasteiger partial charge in [-0.1, -0.05) is 18.2 Å². The van der Waals surface area contributed by atoms with Crippen molar-refractivity contribution in [3.05, 3.63) is 43.0 Å². The van der Waals surface area contributed by atoms with Gasteiger partial charge >= 0.3 is 0 Å². The summed E-state index contributed by atoms with van der Waals surface area (Å²) in [7, 11) is -1.03. The molecule has 0 aliphatic carbocycles. The molecule has 4 N–H and O–H groups in total. The van der Waals surface area contributed by atoms with Crippen LogP contribution >= 0.6 is 0 Å². The molecule has 2 aliphatic rings. The van der Waals surface area contributed by atoms with E-state index in [1.54, 1.807) is 0 Å². The van der Waals surface area contributed by atoms with Crippen molar-refractivity contribution in [2.75, 3.05) is 25.1 Å². The number of benzene rings is 1. The van der Waals surface area contributed by atoms with Crippen molar-refractivity contribution < 1.29 is 24.3 Å². The van der Waals surface area contributed by atoms with E-state index in [4.69, 9.17) is 4.74 Å². The molecule has 3 unspecified atom stereocenters. The number of rotatable bonds is 6. The number of fused-ring (bicyclic) bond motifs is 1. The highest BCUT2D eigenvalue weighted by Crippen LogP contribution is 2.32. The molecule has 0 spiro atoms. The SMILES string of the molecule is O=S(c1ccccc1)C1CCN(Nc2ncnc3c2ncn3[C@@H]2O[C@H](CO)C(O)C2O)CC1.